The van der Waals surface area contributed by atoms with Crippen molar-refractivity contribution in [3.63, 3.8) is 0 Å². The van der Waals surface area contributed by atoms with Crippen LogP contribution in [0.1, 0.15) is 38.5 Å². The van der Waals surface area contributed by atoms with E-state index < -0.39 is 5.09 Å². The van der Waals surface area contributed by atoms with Gasteiger partial charge in [-0.1, -0.05) is 6.42 Å². The van der Waals surface area contributed by atoms with Crippen LogP contribution in [0.5, 0.6) is 0 Å². The van der Waals surface area contributed by atoms with Crippen LogP contribution in [0.2, 0.25) is 0 Å². The third-order valence-corrected chi connectivity index (χ3v) is 2.40. The molecule has 1 fully saturated rings. The molecule has 1 rings (SSSR count). The molecule has 0 amide bonds. The lowest BCUT2D eigenvalue weighted by Gasteiger charge is -2.22. The topological polar surface area (TPSA) is 64.4 Å². The summed E-state index contributed by atoms with van der Waals surface area (Å²) in [6.07, 6.45) is 6.45. The lowest BCUT2D eigenvalue weighted by Crippen LogP contribution is -2.30. The van der Waals surface area contributed by atoms with Crippen molar-refractivity contribution in [2.75, 3.05) is 6.61 Å². The smallest absolute Gasteiger partial charge is 0.294 e. The summed E-state index contributed by atoms with van der Waals surface area (Å²) in [6, 6.07) is 0.569. The molecule has 1 aliphatic rings. The Morgan fingerprint density at radius 1 is 1.57 bits per heavy atom. The summed E-state index contributed by atoms with van der Waals surface area (Å²) in [5.41, 5.74) is 0. The molecule has 0 bridgehead atoms. The zero-order valence-electron chi connectivity index (χ0n) is 8.28. The van der Waals surface area contributed by atoms with Gasteiger partial charge in [0.05, 0.1) is 6.61 Å². The fraction of sp³-hybridized carbons (Fsp3) is 0.889. The van der Waals surface area contributed by atoms with Crippen molar-refractivity contribution in [1.29, 1.82) is 0 Å². The highest BCUT2D eigenvalue weighted by Gasteiger charge is 2.11. The molecule has 5 nitrogen and oxygen atoms in total. The molecule has 5 heteroatoms. The van der Waals surface area contributed by atoms with E-state index in [1.54, 1.807) is 0 Å². The van der Waals surface area contributed by atoms with Crippen molar-refractivity contribution in [1.82, 2.24) is 5.32 Å². The molecule has 0 spiro atoms. The second-order valence-electron chi connectivity index (χ2n) is 3.55. The Morgan fingerprint density at radius 2 is 2.43 bits per heavy atom. The quantitative estimate of drug-likeness (QED) is 0.403. The van der Waals surface area contributed by atoms with Crippen molar-refractivity contribution in [2.45, 2.75) is 44.6 Å². The number of unbranched alkanes of at least 4 members (excludes halogenated alkanes) is 1. The molecule has 1 N–H and O–H groups in total. The van der Waals surface area contributed by atoms with E-state index >= 15 is 0 Å². The molecule has 0 saturated carbocycles. The van der Waals surface area contributed by atoms with E-state index in [1.165, 1.54) is 12.8 Å². The van der Waals surface area contributed by atoms with Crippen molar-refractivity contribution in [3.05, 3.63) is 16.7 Å². The molecule has 1 saturated heterocycles. The number of rotatable bonds is 6. The molecular formula is C9H17N2O3. The fourth-order valence-corrected chi connectivity index (χ4v) is 1.66. The second kappa shape index (κ2) is 6.59. The van der Waals surface area contributed by atoms with Gasteiger partial charge in [-0.3, -0.25) is 0 Å². The van der Waals surface area contributed by atoms with Crippen molar-refractivity contribution < 1.29 is 9.92 Å². The Balaban J connectivity index is 1.90. The van der Waals surface area contributed by atoms with E-state index in [4.69, 9.17) is 0 Å². The van der Waals surface area contributed by atoms with Crippen LogP contribution in [0.4, 0.5) is 0 Å². The molecular weight excluding hydrogens is 184 g/mol. The van der Waals surface area contributed by atoms with Gasteiger partial charge in [0.15, 0.2) is 0 Å². The van der Waals surface area contributed by atoms with Crippen LogP contribution in [0, 0.1) is 16.7 Å². The minimum absolute atomic E-state index is 0.226. The molecule has 0 aliphatic carbocycles. The molecule has 1 heterocycles. The van der Waals surface area contributed by atoms with Crippen molar-refractivity contribution in [3.8, 4) is 0 Å². The van der Waals surface area contributed by atoms with Gasteiger partial charge < -0.3 is 10.2 Å². The van der Waals surface area contributed by atoms with Gasteiger partial charge in [0.2, 0.25) is 0 Å². The van der Waals surface area contributed by atoms with Crippen molar-refractivity contribution >= 4 is 0 Å². The molecule has 1 unspecified atom stereocenters. The summed E-state index contributed by atoms with van der Waals surface area (Å²) < 4.78 is 0. The van der Waals surface area contributed by atoms with E-state index in [-0.39, 0.29) is 6.61 Å². The Morgan fingerprint density at radius 3 is 3.07 bits per heavy atom. The first kappa shape index (κ1) is 11.2. The predicted molar refractivity (Wildman–Crippen MR) is 51.9 cm³/mol. The zero-order chi connectivity index (χ0) is 10.2. The summed E-state index contributed by atoms with van der Waals surface area (Å²) in [6.45, 7) is 2.34. The lowest BCUT2D eigenvalue weighted by atomic mass is 10.00. The van der Waals surface area contributed by atoms with Crippen LogP contribution in [-0.4, -0.2) is 17.7 Å². The molecule has 0 aromatic heterocycles. The SMILES string of the molecule is O=[N+]([O-])OCCCCC1CCC[CH]N1. The normalized spacial score (nSPS) is 21.9. The van der Waals surface area contributed by atoms with E-state index in [2.05, 4.69) is 16.7 Å². The Hall–Kier alpha value is -0.840. The lowest BCUT2D eigenvalue weighted by molar-refractivity contribution is -0.757. The molecule has 1 atom stereocenters. The van der Waals surface area contributed by atoms with Gasteiger partial charge in [0.25, 0.3) is 5.09 Å². The minimum atomic E-state index is -0.730. The van der Waals surface area contributed by atoms with Crippen LogP contribution >= 0.6 is 0 Å². The molecule has 0 aromatic carbocycles. The Labute approximate surface area is 83.9 Å². The highest BCUT2D eigenvalue weighted by molar-refractivity contribution is 4.78. The minimum Gasteiger partial charge on any atom is -0.314 e. The van der Waals surface area contributed by atoms with Crippen molar-refractivity contribution in [2.24, 2.45) is 0 Å². The molecule has 1 aliphatic heterocycles. The maximum Gasteiger partial charge on any atom is 0.294 e. The summed E-state index contributed by atoms with van der Waals surface area (Å²) in [4.78, 5) is 14.1. The van der Waals surface area contributed by atoms with Gasteiger partial charge in [-0.25, -0.2) is 0 Å². The van der Waals surface area contributed by atoms with Gasteiger partial charge in [0.1, 0.15) is 0 Å². The van der Waals surface area contributed by atoms with E-state index in [0.717, 1.165) is 25.7 Å². The Kier molecular flexibility index (Phi) is 5.29. The number of hydrogen-bond acceptors (Lipinski definition) is 4. The van der Waals surface area contributed by atoms with Gasteiger partial charge >= 0.3 is 0 Å². The summed E-state index contributed by atoms with van der Waals surface area (Å²) >= 11 is 0. The van der Waals surface area contributed by atoms with Gasteiger partial charge in [-0.05, 0) is 32.1 Å². The number of piperidine rings is 1. The maximum absolute atomic E-state index is 9.83. The highest BCUT2D eigenvalue weighted by atomic mass is 16.9. The van der Waals surface area contributed by atoms with E-state index in [0.29, 0.717) is 6.04 Å². The zero-order valence-corrected chi connectivity index (χ0v) is 8.28. The maximum atomic E-state index is 9.83. The van der Waals surface area contributed by atoms with Gasteiger partial charge in [-0.2, -0.15) is 0 Å². The molecule has 1 radical (unpaired) electrons. The van der Waals surface area contributed by atoms with E-state index in [9.17, 15) is 10.1 Å². The molecule has 81 valence electrons. The summed E-state index contributed by atoms with van der Waals surface area (Å²) in [5, 5.41) is 12.4. The highest BCUT2D eigenvalue weighted by Crippen LogP contribution is 2.14. The third-order valence-electron chi connectivity index (χ3n) is 2.40. The number of hydrogen-bond donors (Lipinski definition) is 1. The predicted octanol–water partition coefficient (Wildman–Crippen LogP) is 1.67. The molecule has 14 heavy (non-hydrogen) atoms. The third kappa shape index (κ3) is 5.01. The van der Waals surface area contributed by atoms with Crippen LogP contribution in [-0.2, 0) is 4.84 Å². The standard InChI is InChI=1S/C9H17N2O3/c12-11(13)14-8-4-2-6-9-5-1-3-7-10-9/h7,9-10H,1-6,8H2. The fourth-order valence-electron chi connectivity index (χ4n) is 1.66. The van der Waals surface area contributed by atoms with Gasteiger partial charge in [0, 0.05) is 12.6 Å². The second-order valence-corrected chi connectivity index (χ2v) is 3.55. The average Bonchev–Trinajstić information content (AvgIpc) is 2.18. The molecule has 0 aromatic rings. The van der Waals surface area contributed by atoms with Crippen LogP contribution in [0.15, 0.2) is 0 Å². The average molecular weight is 201 g/mol. The largest absolute Gasteiger partial charge is 0.314 e. The Bertz CT molecular complexity index is 169. The van der Waals surface area contributed by atoms with Crippen LogP contribution in [0.25, 0.3) is 0 Å². The number of nitrogens with zero attached hydrogens (tertiary/aromatic N) is 1. The first-order valence-electron chi connectivity index (χ1n) is 5.14. The van der Waals surface area contributed by atoms with Gasteiger partial charge in [-0.15, -0.1) is 10.1 Å². The van der Waals surface area contributed by atoms with Crippen LogP contribution in [0.3, 0.4) is 0 Å². The number of nitrogens with one attached hydrogen (secondary N) is 1. The first-order valence-corrected chi connectivity index (χ1v) is 5.14. The van der Waals surface area contributed by atoms with Crippen LogP contribution < -0.4 is 5.32 Å². The monoisotopic (exact) mass is 201 g/mol. The van der Waals surface area contributed by atoms with E-state index in [1.807, 2.05) is 0 Å². The summed E-state index contributed by atoms with van der Waals surface area (Å²) in [5.74, 6) is 0. The summed E-state index contributed by atoms with van der Waals surface area (Å²) in [7, 11) is 0. The first-order chi connectivity index (χ1) is 6.79.